The molecule has 1 aliphatic rings. The number of aryl methyl sites for hydroxylation is 2. The Morgan fingerprint density at radius 3 is 2.54 bits per heavy atom. The van der Waals surface area contributed by atoms with Crippen molar-refractivity contribution in [2.24, 2.45) is 7.05 Å². The zero-order chi connectivity index (χ0) is 28.9. The first-order valence-corrected chi connectivity index (χ1v) is 12.2. The maximum atomic E-state index is 12.9. The van der Waals surface area contributed by atoms with Gasteiger partial charge in [-0.2, -0.15) is 28.4 Å². The molecule has 12 nitrogen and oxygen atoms in total. The Labute approximate surface area is 223 Å². The van der Waals surface area contributed by atoms with Crippen LogP contribution >= 0.6 is 0 Å². The molecule has 0 saturated carbocycles. The molecule has 2 atom stereocenters. The first-order chi connectivity index (χ1) is 18.0. The summed E-state index contributed by atoms with van der Waals surface area (Å²) < 4.78 is 47.4. The largest absolute Gasteiger partial charge is 0.435 e. The van der Waals surface area contributed by atoms with Gasteiger partial charge in [0.15, 0.2) is 11.5 Å². The standard InChI is InChI=1S/C24H32F3N9O3/c1-13-18-19(34(6)23(38,20(37)31-18)14(2)39-22(3,4)5)32-21(30-13)28-9-15-10-29-36(11-15)12-16-8-17(24(25,26)27)33-35(16)7/h8,10-11,14,38H,9,12H2,1-7H3,(H,31,37)(H,28,30,32)/t14-,23-/m0/s1. The molecule has 0 saturated heterocycles. The number of nitrogens with one attached hydrogen (secondary N) is 2. The van der Waals surface area contributed by atoms with E-state index in [-0.39, 0.29) is 19.0 Å². The van der Waals surface area contributed by atoms with E-state index in [4.69, 9.17) is 4.74 Å². The van der Waals surface area contributed by atoms with Gasteiger partial charge in [0.2, 0.25) is 11.7 Å². The average molecular weight is 552 g/mol. The zero-order valence-corrected chi connectivity index (χ0v) is 22.8. The van der Waals surface area contributed by atoms with Gasteiger partial charge in [0.05, 0.1) is 29.7 Å². The molecule has 4 rings (SSSR count). The van der Waals surface area contributed by atoms with Gasteiger partial charge >= 0.3 is 6.18 Å². The van der Waals surface area contributed by atoms with Gasteiger partial charge in [-0.3, -0.25) is 14.2 Å². The Bertz CT molecular complexity index is 1380. The van der Waals surface area contributed by atoms with Gasteiger partial charge in [-0.15, -0.1) is 0 Å². The molecular weight excluding hydrogens is 519 g/mol. The maximum Gasteiger partial charge on any atom is 0.435 e. The molecule has 0 spiro atoms. The van der Waals surface area contributed by atoms with Crippen molar-refractivity contribution in [1.82, 2.24) is 29.5 Å². The normalized spacial score (nSPS) is 18.6. The predicted octanol–water partition coefficient (Wildman–Crippen LogP) is 2.67. The number of hydrogen-bond donors (Lipinski definition) is 3. The van der Waals surface area contributed by atoms with Gasteiger partial charge < -0.3 is 25.4 Å². The minimum Gasteiger partial charge on any atom is -0.367 e. The molecule has 0 aromatic carbocycles. The van der Waals surface area contributed by atoms with Crippen molar-refractivity contribution in [2.45, 2.75) is 71.3 Å². The number of rotatable bonds is 7. The Morgan fingerprint density at radius 2 is 1.92 bits per heavy atom. The van der Waals surface area contributed by atoms with Crippen LogP contribution in [0.15, 0.2) is 18.5 Å². The summed E-state index contributed by atoms with van der Waals surface area (Å²) in [5.74, 6) is -0.0936. The highest BCUT2D eigenvalue weighted by Crippen LogP contribution is 2.38. The zero-order valence-electron chi connectivity index (χ0n) is 22.8. The topological polar surface area (TPSA) is 135 Å². The number of ether oxygens (including phenoxy) is 1. The number of aliphatic hydroxyl groups is 1. The average Bonchev–Trinajstić information content (AvgIpc) is 3.42. The van der Waals surface area contributed by atoms with E-state index in [1.54, 1.807) is 33.3 Å². The van der Waals surface area contributed by atoms with Crippen molar-refractivity contribution in [3.05, 3.63) is 41.1 Å². The van der Waals surface area contributed by atoms with Crippen LogP contribution in [-0.2, 0) is 35.8 Å². The Balaban J connectivity index is 1.49. The lowest BCUT2D eigenvalue weighted by Gasteiger charge is -2.45. The molecule has 212 valence electrons. The van der Waals surface area contributed by atoms with E-state index in [0.717, 1.165) is 11.6 Å². The molecular formula is C24H32F3N9O3. The summed E-state index contributed by atoms with van der Waals surface area (Å²) in [6, 6.07) is 0.993. The number of fused-ring (bicyclic) bond motifs is 1. The summed E-state index contributed by atoms with van der Waals surface area (Å²) in [6.07, 6.45) is -2.14. The summed E-state index contributed by atoms with van der Waals surface area (Å²) in [5, 5.41) is 24.9. The van der Waals surface area contributed by atoms with Gasteiger partial charge in [-0.25, -0.2) is 4.98 Å². The molecule has 1 amide bonds. The molecule has 0 fully saturated rings. The lowest BCUT2D eigenvalue weighted by atomic mass is 10.0. The number of amides is 1. The van der Waals surface area contributed by atoms with Gasteiger partial charge in [0.1, 0.15) is 11.8 Å². The first-order valence-electron chi connectivity index (χ1n) is 12.2. The maximum absolute atomic E-state index is 12.9. The third kappa shape index (κ3) is 5.68. The number of carbonyl (C=O) groups is 1. The number of nitrogens with zero attached hydrogens (tertiary/aromatic N) is 7. The molecule has 3 aromatic heterocycles. The van der Waals surface area contributed by atoms with Crippen LogP contribution in [0.4, 0.5) is 30.6 Å². The minimum absolute atomic E-state index is 0.103. The van der Waals surface area contributed by atoms with Gasteiger partial charge in [-0.1, -0.05) is 0 Å². The van der Waals surface area contributed by atoms with E-state index in [1.807, 2.05) is 20.8 Å². The molecule has 0 radical (unpaired) electrons. The van der Waals surface area contributed by atoms with E-state index >= 15 is 0 Å². The monoisotopic (exact) mass is 551 g/mol. The predicted molar refractivity (Wildman–Crippen MR) is 136 cm³/mol. The fourth-order valence-corrected chi connectivity index (χ4v) is 4.34. The summed E-state index contributed by atoms with van der Waals surface area (Å²) >= 11 is 0. The number of hydrogen-bond acceptors (Lipinski definition) is 9. The quantitative estimate of drug-likeness (QED) is 0.405. The number of anilines is 3. The molecule has 3 aromatic rings. The highest BCUT2D eigenvalue weighted by Gasteiger charge is 2.52. The third-order valence-corrected chi connectivity index (χ3v) is 6.30. The second-order valence-corrected chi connectivity index (χ2v) is 10.5. The van der Waals surface area contributed by atoms with Crippen molar-refractivity contribution < 1.29 is 27.8 Å². The van der Waals surface area contributed by atoms with Gasteiger partial charge in [-0.05, 0) is 40.7 Å². The highest BCUT2D eigenvalue weighted by atomic mass is 19.4. The fourth-order valence-electron chi connectivity index (χ4n) is 4.34. The number of alkyl halides is 3. The number of halogens is 3. The van der Waals surface area contributed by atoms with Crippen molar-refractivity contribution in [3.63, 3.8) is 0 Å². The van der Waals surface area contributed by atoms with Crippen LogP contribution in [0.25, 0.3) is 0 Å². The Morgan fingerprint density at radius 1 is 1.23 bits per heavy atom. The summed E-state index contributed by atoms with van der Waals surface area (Å²) in [4.78, 5) is 23.2. The molecule has 0 bridgehead atoms. The van der Waals surface area contributed by atoms with E-state index < -0.39 is 35.2 Å². The van der Waals surface area contributed by atoms with Crippen LogP contribution in [0.1, 0.15) is 50.3 Å². The molecule has 1 aliphatic heterocycles. The van der Waals surface area contributed by atoms with Crippen LogP contribution in [0, 0.1) is 6.92 Å². The van der Waals surface area contributed by atoms with Crippen LogP contribution < -0.4 is 15.5 Å². The van der Waals surface area contributed by atoms with E-state index in [0.29, 0.717) is 22.9 Å². The molecule has 4 heterocycles. The van der Waals surface area contributed by atoms with Crippen LogP contribution in [0.5, 0.6) is 0 Å². The Kier molecular flexibility index (Phi) is 7.10. The summed E-state index contributed by atoms with van der Waals surface area (Å²) in [5.41, 5.74) is -1.63. The second kappa shape index (κ2) is 9.79. The molecule has 0 unspecified atom stereocenters. The SMILES string of the molecule is Cc1nc(NCc2cnn(Cc3cc(C(F)(F)F)nn3C)c2)nc2c1NC(=O)[C@@](O)([C@H](C)OC(C)(C)C)N2C. The van der Waals surface area contributed by atoms with Gasteiger partial charge in [0, 0.05) is 32.4 Å². The number of aromatic nitrogens is 6. The molecule has 39 heavy (non-hydrogen) atoms. The van der Waals surface area contributed by atoms with Crippen LogP contribution in [0.2, 0.25) is 0 Å². The van der Waals surface area contributed by atoms with Crippen molar-refractivity contribution in [3.8, 4) is 0 Å². The summed E-state index contributed by atoms with van der Waals surface area (Å²) in [7, 11) is 3.01. The minimum atomic E-state index is -4.52. The third-order valence-electron chi connectivity index (χ3n) is 6.30. The lowest BCUT2D eigenvalue weighted by molar-refractivity contribution is -0.168. The fraction of sp³-hybridized carbons (Fsp3) is 0.542. The Hall–Kier alpha value is -3.72. The van der Waals surface area contributed by atoms with E-state index in [9.17, 15) is 23.1 Å². The molecule has 0 aliphatic carbocycles. The molecule has 15 heteroatoms. The second-order valence-electron chi connectivity index (χ2n) is 10.5. The van der Waals surface area contributed by atoms with E-state index in [1.165, 1.54) is 21.3 Å². The van der Waals surface area contributed by atoms with Crippen LogP contribution in [-0.4, -0.2) is 65.0 Å². The summed E-state index contributed by atoms with van der Waals surface area (Å²) in [6.45, 7) is 9.18. The van der Waals surface area contributed by atoms with Gasteiger partial charge in [0.25, 0.3) is 5.91 Å². The van der Waals surface area contributed by atoms with Crippen molar-refractivity contribution >= 4 is 23.4 Å². The van der Waals surface area contributed by atoms with Crippen molar-refractivity contribution in [2.75, 3.05) is 22.6 Å². The highest BCUT2D eigenvalue weighted by molar-refractivity contribution is 6.05. The number of likely N-dealkylation sites (N-methyl/N-ethyl adjacent to an activating group) is 1. The van der Waals surface area contributed by atoms with Crippen LogP contribution in [0.3, 0.4) is 0 Å². The lowest BCUT2D eigenvalue weighted by Crippen LogP contribution is -2.66. The number of carbonyl (C=O) groups excluding carboxylic acids is 1. The van der Waals surface area contributed by atoms with E-state index in [2.05, 4.69) is 30.8 Å². The molecule has 3 N–H and O–H groups in total. The smallest absolute Gasteiger partial charge is 0.367 e. The first kappa shape index (κ1) is 28.3. The van der Waals surface area contributed by atoms with Crippen molar-refractivity contribution in [1.29, 1.82) is 0 Å².